The molecule has 0 radical (unpaired) electrons. The lowest BCUT2D eigenvalue weighted by Crippen LogP contribution is -2.46. The van der Waals surface area contributed by atoms with Crippen molar-refractivity contribution in [3.63, 3.8) is 0 Å². The third kappa shape index (κ3) is 4.53. The second-order valence-corrected chi connectivity index (χ2v) is 11.0. The molecule has 2 rings (SSSR count). The molecule has 1 N–H and O–H groups in total. The van der Waals surface area contributed by atoms with Crippen LogP contribution in [0.4, 0.5) is 5.69 Å². The number of methoxy groups -OCH3 is 1. The summed E-state index contributed by atoms with van der Waals surface area (Å²) in [6, 6.07) is 7.33. The van der Waals surface area contributed by atoms with Gasteiger partial charge in [-0.2, -0.15) is 0 Å². The van der Waals surface area contributed by atoms with Crippen molar-refractivity contribution in [3.8, 4) is 5.75 Å². The molecule has 0 fully saturated rings. The number of benzene rings is 1. The first-order valence-corrected chi connectivity index (χ1v) is 10.5. The van der Waals surface area contributed by atoms with Crippen molar-refractivity contribution in [2.75, 3.05) is 12.4 Å². The van der Waals surface area contributed by atoms with E-state index in [9.17, 15) is 9.59 Å². The quantitative estimate of drug-likeness (QED) is 0.642. The van der Waals surface area contributed by atoms with E-state index in [1.54, 1.807) is 13.2 Å². The summed E-state index contributed by atoms with van der Waals surface area (Å²) >= 11 is 0. The number of ether oxygens (including phenoxy) is 1. The molecule has 0 saturated carbocycles. The van der Waals surface area contributed by atoms with E-state index in [0.717, 1.165) is 11.1 Å². The van der Waals surface area contributed by atoms with Gasteiger partial charge in [0.2, 0.25) is 5.91 Å². The van der Waals surface area contributed by atoms with Gasteiger partial charge < -0.3 is 10.1 Å². The van der Waals surface area contributed by atoms with Gasteiger partial charge in [-0.25, -0.2) is 0 Å². The topological polar surface area (TPSA) is 55.4 Å². The normalized spacial score (nSPS) is 17.2. The number of Topliss-reactive ketones (excluding diaryl/α,β-unsaturated/α-hetero) is 1. The Kier molecular flexibility index (Phi) is 6.15. The number of ketones is 1. The number of rotatable bonds is 4. The number of carbonyl (C=O) groups is 2. The Morgan fingerprint density at radius 2 is 1.43 bits per heavy atom. The van der Waals surface area contributed by atoms with Gasteiger partial charge in [-0.15, -0.1) is 0 Å². The molecule has 0 heterocycles. The summed E-state index contributed by atoms with van der Waals surface area (Å²) in [6.07, 6.45) is 4.02. The molecule has 164 valence electrons. The lowest BCUT2D eigenvalue weighted by atomic mass is 9.58. The molecule has 1 aliphatic rings. The molecule has 0 spiro atoms. The number of hydrogen-bond donors (Lipinski definition) is 1. The number of anilines is 1. The lowest BCUT2D eigenvalue weighted by molar-refractivity contribution is -0.127. The highest BCUT2D eigenvalue weighted by Gasteiger charge is 2.49. The van der Waals surface area contributed by atoms with Crippen molar-refractivity contribution in [3.05, 3.63) is 47.6 Å². The Morgan fingerprint density at radius 3 is 1.87 bits per heavy atom. The molecule has 30 heavy (non-hydrogen) atoms. The zero-order chi connectivity index (χ0) is 23.1. The van der Waals surface area contributed by atoms with Crippen LogP contribution in [0.2, 0.25) is 0 Å². The number of amides is 1. The summed E-state index contributed by atoms with van der Waals surface area (Å²) in [4.78, 5) is 26.8. The van der Waals surface area contributed by atoms with Gasteiger partial charge in [-0.05, 0) is 36.8 Å². The maximum atomic E-state index is 13.4. The first-order valence-electron chi connectivity index (χ1n) is 10.5. The number of allylic oxidation sites excluding steroid dienone is 4. The molecular formula is C26H37NO3. The fraction of sp³-hybridized carbons (Fsp3) is 0.538. The summed E-state index contributed by atoms with van der Waals surface area (Å²) in [7, 11) is 1.60. The Bertz CT molecular complexity index is 871. The summed E-state index contributed by atoms with van der Waals surface area (Å²) in [6.45, 7) is 18.2. The van der Waals surface area contributed by atoms with E-state index in [1.165, 1.54) is 0 Å². The molecule has 0 atom stereocenters. The smallest absolute Gasteiger partial charge is 0.231 e. The maximum Gasteiger partial charge on any atom is 0.231 e. The predicted octanol–water partition coefficient (Wildman–Crippen LogP) is 6.19. The highest BCUT2D eigenvalue weighted by molar-refractivity contribution is 6.11. The molecule has 1 aliphatic carbocycles. The summed E-state index contributed by atoms with van der Waals surface area (Å²) < 4.78 is 5.27. The van der Waals surface area contributed by atoms with Gasteiger partial charge >= 0.3 is 0 Å². The van der Waals surface area contributed by atoms with Crippen molar-refractivity contribution < 1.29 is 14.3 Å². The molecule has 4 nitrogen and oxygen atoms in total. The number of hydrogen-bond acceptors (Lipinski definition) is 3. The van der Waals surface area contributed by atoms with Crippen molar-refractivity contribution in [2.24, 2.45) is 21.7 Å². The molecule has 0 unspecified atom stereocenters. The standard InChI is InChI=1S/C26H37NO3/c1-23(2,3)19-15-26(9,16-20(21(19)28)24(4,5)6)25(7,8)22(29)27-17-12-11-13-18(14-17)30-10/h11-16H,1-10H3,(H,27,29). The van der Waals surface area contributed by atoms with Gasteiger partial charge in [0.25, 0.3) is 0 Å². The average Bonchev–Trinajstić information content (AvgIpc) is 2.61. The maximum absolute atomic E-state index is 13.4. The fourth-order valence-electron chi connectivity index (χ4n) is 3.63. The SMILES string of the molecule is COc1cccc(NC(=O)C(C)(C)C2(C)C=C(C(C)(C)C)C(=O)C(C(C)(C)C)=C2)c1. The van der Waals surface area contributed by atoms with E-state index in [1.807, 2.05) is 92.7 Å². The molecule has 1 aromatic rings. The second-order valence-electron chi connectivity index (χ2n) is 11.0. The van der Waals surface area contributed by atoms with Crippen LogP contribution in [-0.4, -0.2) is 18.8 Å². The largest absolute Gasteiger partial charge is 0.497 e. The molecule has 4 heteroatoms. The van der Waals surface area contributed by atoms with Crippen molar-refractivity contribution in [1.29, 1.82) is 0 Å². The van der Waals surface area contributed by atoms with Gasteiger partial charge in [0, 0.05) is 28.3 Å². The third-order valence-corrected chi connectivity index (χ3v) is 6.24. The third-order valence-electron chi connectivity index (χ3n) is 6.24. The number of carbonyl (C=O) groups excluding carboxylic acids is 2. The van der Waals surface area contributed by atoms with E-state index >= 15 is 0 Å². The zero-order valence-corrected chi connectivity index (χ0v) is 20.2. The Hall–Kier alpha value is -2.36. The molecule has 1 aromatic carbocycles. The van der Waals surface area contributed by atoms with E-state index in [0.29, 0.717) is 11.4 Å². The minimum absolute atomic E-state index is 0.0801. The zero-order valence-electron chi connectivity index (χ0n) is 20.2. The minimum Gasteiger partial charge on any atom is -0.497 e. The second kappa shape index (κ2) is 7.72. The van der Waals surface area contributed by atoms with Crippen molar-refractivity contribution in [1.82, 2.24) is 0 Å². The van der Waals surface area contributed by atoms with Crippen LogP contribution >= 0.6 is 0 Å². The monoisotopic (exact) mass is 411 g/mol. The van der Waals surface area contributed by atoms with E-state index in [-0.39, 0.29) is 22.5 Å². The molecule has 0 saturated heterocycles. The summed E-state index contributed by atoms with van der Waals surface area (Å²) in [5.41, 5.74) is 0.145. The average molecular weight is 412 g/mol. The molecule has 0 aromatic heterocycles. The van der Waals surface area contributed by atoms with E-state index in [2.05, 4.69) is 5.32 Å². The lowest BCUT2D eigenvalue weighted by Gasteiger charge is -2.45. The van der Waals surface area contributed by atoms with Crippen molar-refractivity contribution in [2.45, 2.75) is 62.3 Å². The Labute approximate surface area is 181 Å². The molecule has 1 amide bonds. The first-order chi connectivity index (χ1) is 13.5. The van der Waals surface area contributed by atoms with Crippen LogP contribution in [0.3, 0.4) is 0 Å². The fourth-order valence-corrected chi connectivity index (χ4v) is 3.63. The molecule has 0 aliphatic heterocycles. The molecular weight excluding hydrogens is 374 g/mol. The highest BCUT2D eigenvalue weighted by Crippen LogP contribution is 2.51. The van der Waals surface area contributed by atoms with Crippen LogP contribution in [0.1, 0.15) is 62.3 Å². The van der Waals surface area contributed by atoms with Gasteiger partial charge in [-0.3, -0.25) is 9.59 Å². The Morgan fingerprint density at radius 1 is 0.933 bits per heavy atom. The summed E-state index contributed by atoms with van der Waals surface area (Å²) in [5, 5.41) is 3.04. The minimum atomic E-state index is -0.802. The van der Waals surface area contributed by atoms with Crippen LogP contribution in [-0.2, 0) is 9.59 Å². The first kappa shape index (κ1) is 23.9. The molecule has 0 bridgehead atoms. The van der Waals surface area contributed by atoms with Crippen LogP contribution < -0.4 is 10.1 Å². The van der Waals surface area contributed by atoms with Gasteiger partial charge in [-0.1, -0.05) is 66.7 Å². The number of nitrogens with one attached hydrogen (secondary N) is 1. The van der Waals surface area contributed by atoms with Gasteiger partial charge in [0.05, 0.1) is 12.5 Å². The predicted molar refractivity (Wildman–Crippen MR) is 124 cm³/mol. The van der Waals surface area contributed by atoms with Crippen LogP contribution in [0.25, 0.3) is 0 Å². The highest BCUT2D eigenvalue weighted by atomic mass is 16.5. The van der Waals surface area contributed by atoms with Crippen LogP contribution in [0, 0.1) is 21.7 Å². The van der Waals surface area contributed by atoms with Crippen molar-refractivity contribution >= 4 is 17.4 Å². The van der Waals surface area contributed by atoms with E-state index in [4.69, 9.17) is 4.74 Å². The van der Waals surface area contributed by atoms with Gasteiger partial charge in [0.1, 0.15) is 5.75 Å². The van der Waals surface area contributed by atoms with E-state index < -0.39 is 10.8 Å². The van der Waals surface area contributed by atoms with Gasteiger partial charge in [0.15, 0.2) is 5.78 Å². The Balaban J connectivity index is 2.54. The summed E-state index contributed by atoms with van der Waals surface area (Å²) in [5.74, 6) is 0.656. The van der Waals surface area contributed by atoms with Crippen LogP contribution in [0.5, 0.6) is 5.75 Å². The van der Waals surface area contributed by atoms with Crippen LogP contribution in [0.15, 0.2) is 47.6 Å².